The van der Waals surface area contributed by atoms with Crippen LogP contribution in [0.25, 0.3) is 0 Å². The average molecular weight is 262 g/mol. The molecule has 0 aromatic heterocycles. The number of carbonyl (C=O) groups excluding carboxylic acids is 1. The van der Waals surface area contributed by atoms with Crippen LogP contribution in [0.4, 0.5) is 0 Å². The van der Waals surface area contributed by atoms with E-state index in [1.54, 1.807) is 0 Å². The highest BCUT2D eigenvalue weighted by Crippen LogP contribution is 2.14. The summed E-state index contributed by atoms with van der Waals surface area (Å²) in [5.41, 5.74) is 5.61. The number of hydrogen-bond acceptors (Lipinski definition) is 3. The molecule has 0 aliphatic heterocycles. The van der Waals surface area contributed by atoms with Crippen LogP contribution in [-0.2, 0) is 9.53 Å². The Balaban J connectivity index is 0. The number of hydrogen-bond donors (Lipinski definition) is 1. The van der Waals surface area contributed by atoms with Crippen molar-refractivity contribution in [2.24, 2.45) is 17.6 Å². The quantitative estimate of drug-likeness (QED) is 0.415. The summed E-state index contributed by atoms with van der Waals surface area (Å²) in [7, 11) is 0. The molecule has 0 bridgehead atoms. The lowest BCUT2D eigenvalue weighted by atomic mass is 9.94. The van der Waals surface area contributed by atoms with E-state index in [0.29, 0.717) is 31.9 Å². The van der Waals surface area contributed by atoms with Crippen LogP contribution in [0.15, 0.2) is 0 Å². The lowest BCUT2D eigenvalue weighted by molar-refractivity contribution is -0.144. The van der Waals surface area contributed by atoms with Gasteiger partial charge in [0, 0.05) is 12.8 Å². The third kappa shape index (κ3) is 11.5. The molecule has 1 atom stereocenters. The molecule has 0 aliphatic rings. The van der Waals surface area contributed by atoms with Crippen LogP contribution < -0.4 is 5.73 Å². The number of carbonyl (C=O) groups is 1. The summed E-state index contributed by atoms with van der Waals surface area (Å²) in [6.07, 6.45) is 7.87. The molecule has 0 aliphatic carbocycles. The first-order valence-corrected chi connectivity index (χ1v) is 5.89. The molecule has 0 aromatic rings. The monoisotopic (exact) mass is 261 g/mol. The lowest BCUT2D eigenvalue weighted by Crippen LogP contribution is -2.21. The second-order valence-corrected chi connectivity index (χ2v) is 4.46. The zero-order valence-electron chi connectivity index (χ0n) is 10.8. The van der Waals surface area contributed by atoms with E-state index in [0.717, 1.165) is 12.8 Å². The van der Waals surface area contributed by atoms with Crippen LogP contribution in [0.5, 0.6) is 0 Å². The van der Waals surface area contributed by atoms with Gasteiger partial charge in [-0.25, -0.2) is 0 Å². The maximum Gasteiger partial charge on any atom is 0.306 e. The Hall–Kier alpha value is -0.720. The highest BCUT2D eigenvalue weighted by atomic mass is 35.5. The van der Waals surface area contributed by atoms with Crippen molar-refractivity contribution in [3.05, 3.63) is 0 Å². The molecular weight excluding hydrogens is 238 g/mol. The van der Waals surface area contributed by atoms with E-state index >= 15 is 0 Å². The van der Waals surface area contributed by atoms with Crippen molar-refractivity contribution in [1.82, 2.24) is 0 Å². The van der Waals surface area contributed by atoms with Gasteiger partial charge in [0.25, 0.3) is 0 Å². The Bertz CT molecular complexity index is 236. The third-order valence-electron chi connectivity index (χ3n) is 2.32. The maximum atomic E-state index is 11.4. The van der Waals surface area contributed by atoms with Gasteiger partial charge in [-0.1, -0.05) is 13.8 Å². The standard InChI is InChI=1S/C13H23NO2.ClH/c1-4-5-6-7-16-13(15)9-12(10-14)8-11(2)3;/h1,11-12H,5-10,14H2,2-3H3;1H/t12-;/m0./s1. The fourth-order valence-corrected chi connectivity index (χ4v) is 1.58. The van der Waals surface area contributed by atoms with E-state index in [2.05, 4.69) is 19.8 Å². The van der Waals surface area contributed by atoms with E-state index in [4.69, 9.17) is 16.9 Å². The Kier molecular flexibility index (Phi) is 12.9. The van der Waals surface area contributed by atoms with Crippen molar-refractivity contribution < 1.29 is 9.53 Å². The molecule has 4 heteroatoms. The minimum absolute atomic E-state index is 0. The Morgan fingerprint density at radius 1 is 1.47 bits per heavy atom. The Morgan fingerprint density at radius 3 is 2.59 bits per heavy atom. The molecule has 0 heterocycles. The van der Waals surface area contributed by atoms with Gasteiger partial charge in [0.15, 0.2) is 0 Å². The summed E-state index contributed by atoms with van der Waals surface area (Å²) in [6.45, 7) is 5.21. The predicted molar refractivity (Wildman–Crippen MR) is 72.9 cm³/mol. The van der Waals surface area contributed by atoms with Gasteiger partial charge in [-0.15, -0.1) is 24.8 Å². The number of nitrogens with two attached hydrogens (primary N) is 1. The first-order chi connectivity index (χ1) is 7.60. The van der Waals surface area contributed by atoms with Crippen molar-refractivity contribution in [2.75, 3.05) is 13.2 Å². The molecule has 0 aromatic carbocycles. The van der Waals surface area contributed by atoms with E-state index in [1.807, 2.05) is 0 Å². The predicted octanol–water partition coefficient (Wildman–Crippen LogP) is 2.38. The van der Waals surface area contributed by atoms with E-state index < -0.39 is 0 Å². The van der Waals surface area contributed by atoms with Gasteiger partial charge < -0.3 is 10.5 Å². The summed E-state index contributed by atoms with van der Waals surface area (Å²) >= 11 is 0. The molecule has 2 N–H and O–H groups in total. The molecule has 100 valence electrons. The number of ether oxygens (including phenoxy) is 1. The fourth-order valence-electron chi connectivity index (χ4n) is 1.58. The lowest BCUT2D eigenvalue weighted by Gasteiger charge is -2.15. The summed E-state index contributed by atoms with van der Waals surface area (Å²) in [4.78, 5) is 11.4. The highest BCUT2D eigenvalue weighted by molar-refractivity contribution is 5.85. The second kappa shape index (κ2) is 11.8. The van der Waals surface area contributed by atoms with Crippen LogP contribution in [-0.4, -0.2) is 19.1 Å². The van der Waals surface area contributed by atoms with Gasteiger partial charge in [0.1, 0.15) is 0 Å². The zero-order chi connectivity index (χ0) is 12.4. The molecule has 3 nitrogen and oxygen atoms in total. The SMILES string of the molecule is C#CCCCOC(=O)C[C@@H](CN)CC(C)C.Cl. The van der Waals surface area contributed by atoms with Crippen LogP contribution in [0.1, 0.15) is 39.5 Å². The average Bonchev–Trinajstić information content (AvgIpc) is 2.23. The number of unbranched alkanes of at least 4 members (excludes halogenated alkanes) is 1. The molecule has 0 unspecified atom stereocenters. The van der Waals surface area contributed by atoms with Gasteiger partial charge in [-0.3, -0.25) is 4.79 Å². The third-order valence-corrected chi connectivity index (χ3v) is 2.32. The van der Waals surface area contributed by atoms with Gasteiger partial charge in [-0.05, 0) is 31.2 Å². The zero-order valence-corrected chi connectivity index (χ0v) is 11.6. The van der Waals surface area contributed by atoms with Crippen molar-refractivity contribution in [3.63, 3.8) is 0 Å². The van der Waals surface area contributed by atoms with E-state index in [1.165, 1.54) is 0 Å². The maximum absolute atomic E-state index is 11.4. The summed E-state index contributed by atoms with van der Waals surface area (Å²) in [5.74, 6) is 3.14. The molecular formula is C13H24ClNO2. The van der Waals surface area contributed by atoms with Crippen LogP contribution in [0, 0.1) is 24.2 Å². The highest BCUT2D eigenvalue weighted by Gasteiger charge is 2.14. The van der Waals surface area contributed by atoms with Crippen molar-refractivity contribution >= 4 is 18.4 Å². The molecule has 0 saturated carbocycles. The minimum Gasteiger partial charge on any atom is -0.466 e. The molecule has 0 rings (SSSR count). The van der Waals surface area contributed by atoms with Gasteiger partial charge in [0.2, 0.25) is 0 Å². The van der Waals surface area contributed by atoms with Crippen molar-refractivity contribution in [3.8, 4) is 12.3 Å². The first kappa shape index (κ1) is 18.6. The van der Waals surface area contributed by atoms with Gasteiger partial charge in [0.05, 0.1) is 6.61 Å². The molecule has 17 heavy (non-hydrogen) atoms. The molecule has 0 amide bonds. The number of terminal acetylenes is 1. The van der Waals surface area contributed by atoms with Crippen molar-refractivity contribution in [1.29, 1.82) is 0 Å². The van der Waals surface area contributed by atoms with Crippen LogP contribution >= 0.6 is 12.4 Å². The van der Waals surface area contributed by atoms with E-state index in [-0.39, 0.29) is 24.3 Å². The summed E-state index contributed by atoms with van der Waals surface area (Å²) < 4.78 is 5.07. The second-order valence-electron chi connectivity index (χ2n) is 4.46. The number of halogens is 1. The molecule has 0 saturated heterocycles. The topological polar surface area (TPSA) is 52.3 Å². The van der Waals surface area contributed by atoms with Gasteiger partial charge in [-0.2, -0.15) is 0 Å². The number of esters is 1. The van der Waals surface area contributed by atoms with E-state index in [9.17, 15) is 4.79 Å². The Morgan fingerprint density at radius 2 is 2.12 bits per heavy atom. The van der Waals surface area contributed by atoms with Crippen LogP contribution in [0.2, 0.25) is 0 Å². The summed E-state index contributed by atoms with van der Waals surface area (Å²) in [5, 5.41) is 0. The minimum atomic E-state index is -0.159. The summed E-state index contributed by atoms with van der Waals surface area (Å²) in [6, 6.07) is 0. The first-order valence-electron chi connectivity index (χ1n) is 5.89. The van der Waals surface area contributed by atoms with Crippen molar-refractivity contribution in [2.45, 2.75) is 39.5 Å². The van der Waals surface area contributed by atoms with Gasteiger partial charge >= 0.3 is 5.97 Å². The smallest absolute Gasteiger partial charge is 0.306 e. The van der Waals surface area contributed by atoms with Crippen LogP contribution in [0.3, 0.4) is 0 Å². The molecule has 0 radical (unpaired) electrons. The Labute approximate surface area is 111 Å². The normalized spacial score (nSPS) is 11.5. The molecule has 0 fully saturated rings. The largest absolute Gasteiger partial charge is 0.466 e. The number of rotatable bonds is 8. The fraction of sp³-hybridized carbons (Fsp3) is 0.769. The molecule has 0 spiro atoms.